The fourth-order valence-electron chi connectivity index (χ4n) is 3.18. The number of likely N-dealkylation sites (tertiary alicyclic amines) is 1. The molecule has 0 bridgehead atoms. The maximum atomic E-state index is 12.4. The van der Waals surface area contributed by atoms with Gasteiger partial charge in [-0.25, -0.2) is 4.79 Å². The Labute approximate surface area is 140 Å². The van der Waals surface area contributed by atoms with Gasteiger partial charge in [0.2, 0.25) is 5.91 Å². The Kier molecular flexibility index (Phi) is 9.22. The highest BCUT2D eigenvalue weighted by atomic mass is 16.3. The highest BCUT2D eigenvalue weighted by Crippen LogP contribution is 2.21. The lowest BCUT2D eigenvalue weighted by Crippen LogP contribution is -2.48. The van der Waals surface area contributed by atoms with E-state index < -0.39 is 0 Å². The zero-order valence-corrected chi connectivity index (χ0v) is 15.0. The number of imide groups is 1. The number of aliphatic hydroxyl groups is 1. The normalized spacial score (nSPS) is 17.3. The van der Waals surface area contributed by atoms with Gasteiger partial charge in [0.15, 0.2) is 0 Å². The fraction of sp³-hybridized carbons (Fsp3) is 0.889. The summed E-state index contributed by atoms with van der Waals surface area (Å²) in [6.07, 6.45) is 6.29. The monoisotopic (exact) mass is 326 g/mol. The van der Waals surface area contributed by atoms with Gasteiger partial charge in [-0.3, -0.25) is 10.1 Å². The highest BCUT2D eigenvalue weighted by molar-refractivity contribution is 5.95. The standard InChI is InChI=1S/C18H34N2O3/c1-4-5-16(7-6-14(2)3)17(22)19-18(23)20-11-8-15(9-12-20)10-13-21/h14-16,21H,4-13H2,1-3H3,(H,19,22,23)/t16-/m0/s1. The lowest BCUT2D eigenvalue weighted by Gasteiger charge is -2.32. The van der Waals surface area contributed by atoms with Crippen molar-refractivity contribution in [2.24, 2.45) is 17.8 Å². The first-order chi connectivity index (χ1) is 11.0. The molecule has 5 heteroatoms. The van der Waals surface area contributed by atoms with Crippen LogP contribution in [0.1, 0.15) is 65.7 Å². The molecule has 5 nitrogen and oxygen atoms in total. The summed E-state index contributed by atoms with van der Waals surface area (Å²) in [5.74, 6) is 0.898. The van der Waals surface area contributed by atoms with Crippen molar-refractivity contribution in [3.05, 3.63) is 0 Å². The summed E-state index contributed by atoms with van der Waals surface area (Å²) in [4.78, 5) is 26.4. The molecule has 0 unspecified atom stereocenters. The lowest BCUT2D eigenvalue weighted by molar-refractivity contribution is -0.124. The van der Waals surface area contributed by atoms with E-state index in [-0.39, 0.29) is 24.5 Å². The molecule has 0 spiro atoms. The van der Waals surface area contributed by atoms with E-state index in [1.165, 1.54) is 0 Å². The number of amides is 3. The first-order valence-corrected chi connectivity index (χ1v) is 9.18. The van der Waals surface area contributed by atoms with Crippen molar-refractivity contribution < 1.29 is 14.7 Å². The van der Waals surface area contributed by atoms with Crippen molar-refractivity contribution in [2.75, 3.05) is 19.7 Å². The fourth-order valence-corrected chi connectivity index (χ4v) is 3.18. The topological polar surface area (TPSA) is 69.6 Å². The summed E-state index contributed by atoms with van der Waals surface area (Å²) in [5, 5.41) is 11.6. The third-order valence-corrected chi connectivity index (χ3v) is 4.77. The molecule has 0 aromatic rings. The van der Waals surface area contributed by atoms with Gasteiger partial charge in [-0.2, -0.15) is 0 Å². The van der Waals surface area contributed by atoms with Crippen LogP contribution in [0.2, 0.25) is 0 Å². The Morgan fingerprint density at radius 1 is 1.17 bits per heavy atom. The van der Waals surface area contributed by atoms with Gasteiger partial charge < -0.3 is 10.0 Å². The second-order valence-corrected chi connectivity index (χ2v) is 7.19. The predicted octanol–water partition coefficient (Wildman–Crippen LogP) is 3.17. The van der Waals surface area contributed by atoms with E-state index >= 15 is 0 Å². The van der Waals surface area contributed by atoms with Crippen LogP contribution in [-0.2, 0) is 4.79 Å². The molecule has 23 heavy (non-hydrogen) atoms. The average Bonchev–Trinajstić information content (AvgIpc) is 2.52. The minimum Gasteiger partial charge on any atom is -0.396 e. The van der Waals surface area contributed by atoms with Crippen LogP contribution < -0.4 is 5.32 Å². The Morgan fingerprint density at radius 3 is 2.35 bits per heavy atom. The zero-order valence-electron chi connectivity index (χ0n) is 15.0. The van der Waals surface area contributed by atoms with E-state index in [1.54, 1.807) is 4.90 Å². The molecule has 1 atom stereocenters. The van der Waals surface area contributed by atoms with Crippen LogP contribution in [0.25, 0.3) is 0 Å². The largest absolute Gasteiger partial charge is 0.396 e. The van der Waals surface area contributed by atoms with Crippen LogP contribution in [0.5, 0.6) is 0 Å². The van der Waals surface area contributed by atoms with Crippen molar-refractivity contribution in [1.29, 1.82) is 0 Å². The molecule has 0 aliphatic carbocycles. The second kappa shape index (κ2) is 10.6. The van der Waals surface area contributed by atoms with Gasteiger partial charge in [0.1, 0.15) is 0 Å². The van der Waals surface area contributed by atoms with Gasteiger partial charge in [0.05, 0.1) is 0 Å². The van der Waals surface area contributed by atoms with Crippen molar-refractivity contribution in [3.8, 4) is 0 Å². The summed E-state index contributed by atoms with van der Waals surface area (Å²) < 4.78 is 0. The average molecular weight is 326 g/mol. The number of hydrogen-bond acceptors (Lipinski definition) is 3. The molecule has 1 saturated heterocycles. The lowest BCUT2D eigenvalue weighted by atomic mass is 9.93. The first-order valence-electron chi connectivity index (χ1n) is 9.18. The summed E-state index contributed by atoms with van der Waals surface area (Å²) in [6, 6.07) is -0.247. The smallest absolute Gasteiger partial charge is 0.324 e. The molecule has 0 saturated carbocycles. The quantitative estimate of drug-likeness (QED) is 0.720. The molecule has 3 amide bonds. The maximum absolute atomic E-state index is 12.4. The van der Waals surface area contributed by atoms with Crippen molar-refractivity contribution >= 4 is 11.9 Å². The van der Waals surface area contributed by atoms with E-state index in [9.17, 15) is 9.59 Å². The number of aliphatic hydroxyl groups excluding tert-OH is 1. The summed E-state index contributed by atoms with van der Waals surface area (Å²) in [6.45, 7) is 7.95. The van der Waals surface area contributed by atoms with Crippen molar-refractivity contribution in [3.63, 3.8) is 0 Å². The number of nitrogens with zero attached hydrogens (tertiary/aromatic N) is 1. The molecule has 1 aliphatic heterocycles. The summed E-state index contributed by atoms with van der Waals surface area (Å²) in [5.41, 5.74) is 0. The maximum Gasteiger partial charge on any atom is 0.324 e. The minimum atomic E-state index is -0.247. The molecule has 1 rings (SSSR count). The third-order valence-electron chi connectivity index (χ3n) is 4.77. The van der Waals surface area contributed by atoms with Gasteiger partial charge in [-0.05, 0) is 43.9 Å². The van der Waals surface area contributed by atoms with E-state index in [4.69, 9.17) is 5.11 Å². The number of rotatable bonds is 8. The van der Waals surface area contributed by atoms with Gasteiger partial charge in [0, 0.05) is 25.6 Å². The molecule has 134 valence electrons. The van der Waals surface area contributed by atoms with Crippen LogP contribution in [0.3, 0.4) is 0 Å². The molecular formula is C18H34N2O3. The number of hydrogen-bond donors (Lipinski definition) is 2. The predicted molar refractivity (Wildman–Crippen MR) is 92.0 cm³/mol. The number of carbonyl (C=O) groups is 2. The summed E-state index contributed by atoms with van der Waals surface area (Å²) >= 11 is 0. The van der Waals surface area contributed by atoms with Crippen LogP contribution in [0, 0.1) is 17.8 Å². The second-order valence-electron chi connectivity index (χ2n) is 7.19. The molecule has 1 fully saturated rings. The minimum absolute atomic E-state index is 0.0572. The SMILES string of the molecule is CCC[C@@H](CCC(C)C)C(=O)NC(=O)N1CCC(CCO)CC1. The first kappa shape index (κ1) is 19.9. The van der Waals surface area contributed by atoms with E-state index in [0.29, 0.717) is 24.9 Å². The number of nitrogens with one attached hydrogen (secondary N) is 1. The van der Waals surface area contributed by atoms with Crippen LogP contribution in [0.4, 0.5) is 4.79 Å². The molecule has 0 radical (unpaired) electrons. The van der Waals surface area contributed by atoms with Gasteiger partial charge in [0.25, 0.3) is 0 Å². The van der Waals surface area contributed by atoms with Crippen molar-refractivity contribution in [1.82, 2.24) is 10.2 Å². The van der Waals surface area contributed by atoms with Crippen molar-refractivity contribution in [2.45, 2.75) is 65.7 Å². The molecule has 0 aromatic heterocycles. The van der Waals surface area contributed by atoms with Crippen LogP contribution >= 0.6 is 0 Å². The highest BCUT2D eigenvalue weighted by Gasteiger charge is 2.26. The zero-order chi connectivity index (χ0) is 17.2. The Morgan fingerprint density at radius 2 is 1.83 bits per heavy atom. The molecule has 0 aromatic carbocycles. The molecule has 1 aliphatic rings. The van der Waals surface area contributed by atoms with Crippen LogP contribution in [-0.4, -0.2) is 41.6 Å². The van der Waals surface area contributed by atoms with Gasteiger partial charge in [-0.1, -0.05) is 33.6 Å². The van der Waals surface area contributed by atoms with Gasteiger partial charge in [-0.15, -0.1) is 0 Å². The number of carbonyl (C=O) groups excluding carboxylic acids is 2. The van der Waals surface area contributed by atoms with E-state index in [0.717, 1.165) is 44.9 Å². The molecular weight excluding hydrogens is 292 g/mol. The van der Waals surface area contributed by atoms with Crippen LogP contribution in [0.15, 0.2) is 0 Å². The molecule has 1 heterocycles. The van der Waals surface area contributed by atoms with E-state index in [1.807, 2.05) is 0 Å². The number of urea groups is 1. The summed E-state index contributed by atoms with van der Waals surface area (Å²) in [7, 11) is 0. The number of piperidine rings is 1. The Bertz CT molecular complexity index is 363. The Balaban J connectivity index is 2.43. The Hall–Kier alpha value is -1.10. The van der Waals surface area contributed by atoms with Gasteiger partial charge >= 0.3 is 6.03 Å². The molecule has 2 N–H and O–H groups in total. The third kappa shape index (κ3) is 7.34. The van der Waals surface area contributed by atoms with E-state index in [2.05, 4.69) is 26.1 Å².